The van der Waals surface area contributed by atoms with Gasteiger partial charge in [-0.1, -0.05) is 11.6 Å². The van der Waals surface area contributed by atoms with E-state index in [4.69, 9.17) is 16.3 Å². The minimum absolute atomic E-state index is 0.716. The van der Waals surface area contributed by atoms with Gasteiger partial charge in [0, 0.05) is 45.5 Å². The van der Waals surface area contributed by atoms with E-state index in [-0.39, 0.29) is 0 Å². The highest BCUT2D eigenvalue weighted by Gasteiger charge is 2.23. The molecule has 0 aromatic carbocycles. The molecule has 5 heteroatoms. The number of piperazine rings is 1. The van der Waals surface area contributed by atoms with Crippen LogP contribution in [0.2, 0.25) is 5.02 Å². The predicted molar refractivity (Wildman–Crippen MR) is 81.4 cm³/mol. The van der Waals surface area contributed by atoms with Gasteiger partial charge in [0.05, 0.1) is 11.6 Å². The Labute approximate surface area is 125 Å². The van der Waals surface area contributed by atoms with E-state index in [0.29, 0.717) is 5.92 Å². The number of nitrogens with zero attached hydrogens (tertiary/aromatic N) is 3. The van der Waals surface area contributed by atoms with Gasteiger partial charge in [0.2, 0.25) is 0 Å². The molecule has 3 rings (SSSR count). The van der Waals surface area contributed by atoms with Gasteiger partial charge in [-0.05, 0) is 30.9 Å². The minimum Gasteiger partial charge on any atom is -0.381 e. The van der Waals surface area contributed by atoms with Crippen LogP contribution in [-0.4, -0.2) is 55.8 Å². The maximum Gasteiger partial charge on any atom is 0.147 e. The summed E-state index contributed by atoms with van der Waals surface area (Å²) in [5, 5.41) is 0.752. The molecule has 0 unspecified atom stereocenters. The highest BCUT2D eigenvalue weighted by Crippen LogP contribution is 2.24. The Hall–Kier alpha value is -0.840. The Kier molecular flexibility index (Phi) is 4.76. The molecular weight excluding hydrogens is 274 g/mol. The average molecular weight is 296 g/mol. The third-order valence-electron chi connectivity index (χ3n) is 4.18. The second kappa shape index (κ2) is 6.74. The van der Waals surface area contributed by atoms with E-state index >= 15 is 0 Å². The van der Waals surface area contributed by atoms with Gasteiger partial charge in [0.25, 0.3) is 0 Å². The van der Waals surface area contributed by atoms with Crippen LogP contribution in [-0.2, 0) is 4.74 Å². The normalized spacial score (nSPS) is 24.9. The zero-order valence-corrected chi connectivity index (χ0v) is 12.6. The zero-order valence-electron chi connectivity index (χ0n) is 11.8. The molecule has 1 aromatic heterocycles. The largest absolute Gasteiger partial charge is 0.381 e. The summed E-state index contributed by atoms with van der Waals surface area (Å²) in [4.78, 5) is 9.23. The molecule has 1 aromatic rings. The van der Waals surface area contributed by atoms with E-state index < -0.39 is 0 Å². The maximum absolute atomic E-state index is 6.22. The Morgan fingerprint density at radius 2 is 2.15 bits per heavy atom. The van der Waals surface area contributed by atoms with Crippen molar-refractivity contribution in [3.8, 4) is 0 Å². The molecule has 2 fully saturated rings. The third-order valence-corrected chi connectivity index (χ3v) is 4.48. The van der Waals surface area contributed by atoms with Crippen molar-refractivity contribution in [2.45, 2.75) is 12.8 Å². The lowest BCUT2D eigenvalue weighted by atomic mass is 10.0. The third kappa shape index (κ3) is 3.43. The van der Waals surface area contributed by atoms with Crippen molar-refractivity contribution in [1.82, 2.24) is 9.88 Å². The molecule has 3 heterocycles. The van der Waals surface area contributed by atoms with Crippen molar-refractivity contribution in [3.05, 3.63) is 23.4 Å². The second-order valence-electron chi connectivity index (χ2n) is 5.68. The Morgan fingerprint density at radius 1 is 1.30 bits per heavy atom. The van der Waals surface area contributed by atoms with Crippen LogP contribution in [0, 0.1) is 5.92 Å². The van der Waals surface area contributed by atoms with E-state index in [1.54, 1.807) is 0 Å². The smallest absolute Gasteiger partial charge is 0.147 e. The van der Waals surface area contributed by atoms with Gasteiger partial charge in [-0.3, -0.25) is 4.90 Å². The van der Waals surface area contributed by atoms with Crippen molar-refractivity contribution in [1.29, 1.82) is 0 Å². The lowest BCUT2D eigenvalue weighted by molar-refractivity contribution is 0.0377. The molecular formula is C15H22ClN3O. The molecule has 20 heavy (non-hydrogen) atoms. The molecule has 0 bridgehead atoms. The van der Waals surface area contributed by atoms with E-state index in [0.717, 1.165) is 50.2 Å². The number of hydrogen-bond acceptors (Lipinski definition) is 4. The Bertz CT molecular complexity index is 429. The van der Waals surface area contributed by atoms with Gasteiger partial charge in [-0.25, -0.2) is 4.98 Å². The van der Waals surface area contributed by atoms with Gasteiger partial charge in [0.15, 0.2) is 0 Å². The first-order valence-corrected chi connectivity index (χ1v) is 7.86. The monoisotopic (exact) mass is 295 g/mol. The Morgan fingerprint density at radius 3 is 2.85 bits per heavy atom. The summed E-state index contributed by atoms with van der Waals surface area (Å²) in [7, 11) is 0. The number of rotatable bonds is 3. The molecule has 2 aliphatic heterocycles. The SMILES string of the molecule is Clc1cccnc1N1CCN(C[C@H]2CCCOC2)CC1. The summed E-state index contributed by atoms with van der Waals surface area (Å²) >= 11 is 6.22. The average Bonchev–Trinajstić information content (AvgIpc) is 2.50. The molecule has 110 valence electrons. The van der Waals surface area contributed by atoms with Crippen LogP contribution in [0.1, 0.15) is 12.8 Å². The summed E-state index contributed by atoms with van der Waals surface area (Å²) in [6, 6.07) is 3.79. The fourth-order valence-corrected chi connectivity index (χ4v) is 3.31. The lowest BCUT2D eigenvalue weighted by Crippen LogP contribution is -2.48. The fourth-order valence-electron chi connectivity index (χ4n) is 3.07. The second-order valence-corrected chi connectivity index (χ2v) is 6.09. The number of pyridine rings is 1. The molecule has 0 radical (unpaired) electrons. The molecule has 1 atom stereocenters. The standard InChI is InChI=1S/C15H22ClN3O/c16-14-4-1-5-17-15(14)19-8-6-18(7-9-19)11-13-3-2-10-20-12-13/h1,4-5,13H,2-3,6-12H2/t13-/m1/s1. The first-order chi connectivity index (χ1) is 9.83. The molecule has 0 aliphatic carbocycles. The van der Waals surface area contributed by atoms with Gasteiger partial charge < -0.3 is 9.64 Å². The highest BCUT2D eigenvalue weighted by molar-refractivity contribution is 6.32. The van der Waals surface area contributed by atoms with E-state index in [9.17, 15) is 0 Å². The summed E-state index contributed by atoms with van der Waals surface area (Å²) in [5.74, 6) is 1.64. The molecule has 2 saturated heterocycles. The molecule has 4 nitrogen and oxygen atoms in total. The first kappa shape index (κ1) is 14.1. The highest BCUT2D eigenvalue weighted by atomic mass is 35.5. The molecule has 2 aliphatic rings. The van der Waals surface area contributed by atoms with Crippen LogP contribution in [0.25, 0.3) is 0 Å². The van der Waals surface area contributed by atoms with Crippen molar-refractivity contribution in [2.24, 2.45) is 5.92 Å². The quantitative estimate of drug-likeness (QED) is 0.855. The topological polar surface area (TPSA) is 28.6 Å². The van der Waals surface area contributed by atoms with Gasteiger partial charge in [0.1, 0.15) is 5.82 Å². The zero-order chi connectivity index (χ0) is 13.8. The van der Waals surface area contributed by atoms with Crippen LogP contribution >= 0.6 is 11.6 Å². The summed E-state index contributed by atoms with van der Waals surface area (Å²) in [5.41, 5.74) is 0. The van der Waals surface area contributed by atoms with Crippen molar-refractivity contribution in [2.75, 3.05) is 50.8 Å². The molecule has 0 spiro atoms. The van der Waals surface area contributed by atoms with Crippen LogP contribution in [0.5, 0.6) is 0 Å². The minimum atomic E-state index is 0.716. The van der Waals surface area contributed by atoms with Crippen LogP contribution in [0.4, 0.5) is 5.82 Å². The van der Waals surface area contributed by atoms with E-state index in [2.05, 4.69) is 14.8 Å². The summed E-state index contributed by atoms with van der Waals surface area (Å²) in [6.45, 7) is 7.24. The van der Waals surface area contributed by atoms with Crippen LogP contribution in [0.15, 0.2) is 18.3 Å². The predicted octanol–water partition coefficient (Wildman–Crippen LogP) is 2.28. The van der Waals surface area contributed by atoms with E-state index in [1.165, 1.54) is 19.4 Å². The molecule has 0 amide bonds. The van der Waals surface area contributed by atoms with Gasteiger partial charge >= 0.3 is 0 Å². The summed E-state index contributed by atoms with van der Waals surface area (Å²) in [6.07, 6.45) is 4.34. The maximum atomic E-state index is 6.22. The van der Waals surface area contributed by atoms with Crippen molar-refractivity contribution < 1.29 is 4.74 Å². The molecule has 0 N–H and O–H groups in total. The van der Waals surface area contributed by atoms with Gasteiger partial charge in [-0.15, -0.1) is 0 Å². The van der Waals surface area contributed by atoms with Gasteiger partial charge in [-0.2, -0.15) is 0 Å². The first-order valence-electron chi connectivity index (χ1n) is 7.48. The van der Waals surface area contributed by atoms with Crippen LogP contribution < -0.4 is 4.90 Å². The number of anilines is 1. The Balaban J connectivity index is 1.50. The number of halogens is 1. The number of ether oxygens (including phenoxy) is 1. The van der Waals surface area contributed by atoms with Crippen LogP contribution in [0.3, 0.4) is 0 Å². The molecule has 0 saturated carbocycles. The number of hydrogen-bond donors (Lipinski definition) is 0. The number of aromatic nitrogens is 1. The van der Waals surface area contributed by atoms with E-state index in [1.807, 2.05) is 18.3 Å². The summed E-state index contributed by atoms with van der Waals surface area (Å²) < 4.78 is 5.57. The van der Waals surface area contributed by atoms with Crippen molar-refractivity contribution >= 4 is 17.4 Å². The van der Waals surface area contributed by atoms with Crippen molar-refractivity contribution in [3.63, 3.8) is 0 Å². The fraction of sp³-hybridized carbons (Fsp3) is 0.667. The lowest BCUT2D eigenvalue weighted by Gasteiger charge is -2.37.